The van der Waals surface area contributed by atoms with E-state index in [1.807, 2.05) is 6.07 Å². The molecule has 0 aliphatic rings. The van der Waals surface area contributed by atoms with E-state index in [-0.39, 0.29) is 17.1 Å². The van der Waals surface area contributed by atoms with Crippen molar-refractivity contribution in [2.24, 2.45) is 0 Å². The van der Waals surface area contributed by atoms with Crippen LogP contribution < -0.4 is 10.6 Å². The highest BCUT2D eigenvalue weighted by Crippen LogP contribution is 2.26. The van der Waals surface area contributed by atoms with Crippen LogP contribution in [0.15, 0.2) is 18.2 Å². The molecule has 1 aromatic carbocycles. The number of aromatic nitrogens is 2. The van der Waals surface area contributed by atoms with Gasteiger partial charge < -0.3 is 15.4 Å². The lowest BCUT2D eigenvalue weighted by Gasteiger charge is -2.21. The number of aryl methyl sites for hydroxylation is 1. The number of hydrogen-bond donors (Lipinski definition) is 2. The Hall–Kier alpha value is -3.61. The summed E-state index contributed by atoms with van der Waals surface area (Å²) in [6, 6.07) is 6.05. The second-order valence-corrected chi connectivity index (χ2v) is 5.55. The van der Waals surface area contributed by atoms with Crippen molar-refractivity contribution >= 4 is 23.2 Å². The third-order valence-corrected chi connectivity index (χ3v) is 3.91. The van der Waals surface area contributed by atoms with Crippen molar-refractivity contribution in [3.05, 3.63) is 45.1 Å². The SMILES string of the molecule is COC(=O)c1cc([N+](=O)[O-])ccc1N(C)CCCc1[nH]nc(N)c1C#N. The zero-order valence-corrected chi connectivity index (χ0v) is 14.4. The number of anilines is 2. The van der Waals surface area contributed by atoms with E-state index in [9.17, 15) is 14.9 Å². The Balaban J connectivity index is 2.13. The molecule has 10 heteroatoms. The number of nitriles is 1. The van der Waals surface area contributed by atoms with Crippen LogP contribution in [0.5, 0.6) is 0 Å². The standard InChI is InChI=1S/C16H18N6O4/c1-21(7-3-4-13-12(9-17)15(18)20-19-13)14-6-5-10(22(24)25)8-11(14)16(23)26-2/h5-6,8H,3-4,7H2,1-2H3,(H3,18,19,20). The monoisotopic (exact) mass is 358 g/mol. The molecule has 0 fully saturated rings. The topological polar surface area (TPSA) is 151 Å². The number of hydrogen-bond acceptors (Lipinski definition) is 8. The Morgan fingerprint density at radius 2 is 2.27 bits per heavy atom. The number of non-ortho nitro benzene ring substituents is 1. The van der Waals surface area contributed by atoms with Crippen molar-refractivity contribution in [2.75, 3.05) is 31.3 Å². The van der Waals surface area contributed by atoms with Gasteiger partial charge in [-0.15, -0.1) is 0 Å². The molecule has 0 unspecified atom stereocenters. The third-order valence-electron chi connectivity index (χ3n) is 3.91. The average Bonchev–Trinajstić information content (AvgIpc) is 2.99. The molecule has 3 N–H and O–H groups in total. The number of nitrogens with one attached hydrogen (secondary N) is 1. The van der Waals surface area contributed by atoms with Crippen molar-refractivity contribution < 1.29 is 14.5 Å². The largest absolute Gasteiger partial charge is 0.465 e. The molecule has 0 spiro atoms. The minimum absolute atomic E-state index is 0.118. The highest BCUT2D eigenvalue weighted by atomic mass is 16.6. The first-order chi connectivity index (χ1) is 12.4. The number of nitrogen functional groups attached to an aromatic ring is 1. The number of nitro groups is 1. The average molecular weight is 358 g/mol. The van der Waals surface area contributed by atoms with Crippen LogP contribution in [-0.4, -0.2) is 41.8 Å². The van der Waals surface area contributed by atoms with E-state index in [0.29, 0.717) is 36.3 Å². The molecule has 0 saturated heterocycles. The van der Waals surface area contributed by atoms with Crippen molar-refractivity contribution in [1.29, 1.82) is 5.26 Å². The molecule has 2 aromatic rings. The number of ether oxygens (including phenoxy) is 1. The maximum atomic E-state index is 12.0. The highest BCUT2D eigenvalue weighted by Gasteiger charge is 2.19. The summed E-state index contributed by atoms with van der Waals surface area (Å²) in [7, 11) is 2.98. The van der Waals surface area contributed by atoms with Gasteiger partial charge in [-0.3, -0.25) is 15.2 Å². The Labute approximate surface area is 149 Å². The van der Waals surface area contributed by atoms with Crippen LogP contribution in [0.4, 0.5) is 17.2 Å². The summed E-state index contributed by atoms with van der Waals surface area (Å²) < 4.78 is 4.72. The van der Waals surface area contributed by atoms with E-state index in [2.05, 4.69) is 10.2 Å². The fourth-order valence-electron chi connectivity index (χ4n) is 2.56. The van der Waals surface area contributed by atoms with Crippen LogP contribution in [0.3, 0.4) is 0 Å². The van der Waals surface area contributed by atoms with Crippen LogP contribution in [0.2, 0.25) is 0 Å². The highest BCUT2D eigenvalue weighted by molar-refractivity contribution is 5.96. The van der Waals surface area contributed by atoms with E-state index in [1.54, 1.807) is 11.9 Å². The first kappa shape index (κ1) is 18.7. The zero-order chi connectivity index (χ0) is 19.3. The molecule has 26 heavy (non-hydrogen) atoms. The van der Waals surface area contributed by atoms with E-state index in [0.717, 1.165) is 0 Å². The van der Waals surface area contributed by atoms with Crippen LogP contribution in [-0.2, 0) is 11.2 Å². The van der Waals surface area contributed by atoms with Crippen molar-refractivity contribution in [2.45, 2.75) is 12.8 Å². The number of rotatable bonds is 7. The second kappa shape index (κ2) is 7.98. The summed E-state index contributed by atoms with van der Waals surface area (Å²) in [6.45, 7) is 0.533. The van der Waals surface area contributed by atoms with Gasteiger partial charge in [0.2, 0.25) is 0 Å². The fraction of sp³-hybridized carbons (Fsp3) is 0.312. The first-order valence-electron chi connectivity index (χ1n) is 7.69. The molecule has 0 saturated carbocycles. The number of esters is 1. The van der Waals surface area contributed by atoms with Gasteiger partial charge in [-0.05, 0) is 18.9 Å². The molecule has 0 radical (unpaired) electrons. The van der Waals surface area contributed by atoms with Gasteiger partial charge in [0, 0.05) is 25.7 Å². The molecular weight excluding hydrogens is 340 g/mol. The minimum atomic E-state index is -0.649. The lowest BCUT2D eigenvalue weighted by molar-refractivity contribution is -0.384. The molecule has 1 heterocycles. The van der Waals surface area contributed by atoms with Crippen LogP contribution in [0.25, 0.3) is 0 Å². The van der Waals surface area contributed by atoms with E-state index < -0.39 is 10.9 Å². The number of carbonyl (C=O) groups is 1. The second-order valence-electron chi connectivity index (χ2n) is 5.55. The van der Waals surface area contributed by atoms with Gasteiger partial charge >= 0.3 is 5.97 Å². The molecule has 136 valence electrons. The van der Waals surface area contributed by atoms with Gasteiger partial charge in [0.05, 0.1) is 29.0 Å². The summed E-state index contributed by atoms with van der Waals surface area (Å²) in [5, 5.41) is 26.5. The number of nitrogens with zero attached hydrogens (tertiary/aromatic N) is 4. The van der Waals surface area contributed by atoms with Crippen LogP contribution in [0.1, 0.15) is 28.0 Å². The van der Waals surface area contributed by atoms with Gasteiger partial charge in [-0.25, -0.2) is 4.79 Å². The predicted octanol–water partition coefficient (Wildman–Crippen LogP) is 1.63. The molecule has 0 atom stereocenters. The molecule has 0 aliphatic heterocycles. The number of H-pyrrole nitrogens is 1. The number of benzene rings is 1. The van der Waals surface area contributed by atoms with Crippen LogP contribution in [0, 0.1) is 21.4 Å². The molecule has 1 aromatic heterocycles. The molecule has 0 aliphatic carbocycles. The van der Waals surface area contributed by atoms with Gasteiger partial charge in [0.1, 0.15) is 11.6 Å². The predicted molar refractivity (Wildman–Crippen MR) is 93.7 cm³/mol. The zero-order valence-electron chi connectivity index (χ0n) is 14.4. The Morgan fingerprint density at radius 1 is 1.54 bits per heavy atom. The van der Waals surface area contributed by atoms with Crippen molar-refractivity contribution in [1.82, 2.24) is 10.2 Å². The summed E-state index contributed by atoms with van der Waals surface area (Å²) in [6.07, 6.45) is 1.18. The normalized spacial score (nSPS) is 10.2. The minimum Gasteiger partial charge on any atom is -0.465 e. The first-order valence-corrected chi connectivity index (χ1v) is 7.69. The van der Waals surface area contributed by atoms with Gasteiger partial charge in [0.25, 0.3) is 5.69 Å². The number of nitro benzene ring substituents is 1. The molecule has 2 rings (SSSR count). The van der Waals surface area contributed by atoms with Gasteiger partial charge in [-0.2, -0.15) is 10.4 Å². The fourth-order valence-corrected chi connectivity index (χ4v) is 2.56. The smallest absolute Gasteiger partial charge is 0.340 e. The number of methoxy groups -OCH3 is 1. The van der Waals surface area contributed by atoms with Crippen LogP contribution >= 0.6 is 0 Å². The number of carbonyl (C=O) groups excluding carboxylic acids is 1. The Kier molecular flexibility index (Phi) is 5.74. The lowest BCUT2D eigenvalue weighted by Crippen LogP contribution is -2.22. The summed E-state index contributed by atoms with van der Waals surface area (Å²) in [5.41, 5.74) is 7.03. The van der Waals surface area contributed by atoms with E-state index in [4.69, 9.17) is 15.7 Å². The molecular formula is C16H18N6O4. The van der Waals surface area contributed by atoms with Gasteiger partial charge in [-0.1, -0.05) is 0 Å². The molecule has 0 amide bonds. The quantitative estimate of drug-likeness (QED) is 0.430. The van der Waals surface area contributed by atoms with Crippen molar-refractivity contribution in [3.63, 3.8) is 0 Å². The number of aromatic amines is 1. The summed E-state index contributed by atoms with van der Waals surface area (Å²) in [5.74, 6) is -0.483. The Morgan fingerprint density at radius 3 is 2.88 bits per heavy atom. The molecule has 10 nitrogen and oxygen atoms in total. The number of nitrogens with two attached hydrogens (primary N) is 1. The van der Waals surface area contributed by atoms with Crippen molar-refractivity contribution in [3.8, 4) is 6.07 Å². The summed E-state index contributed by atoms with van der Waals surface area (Å²) in [4.78, 5) is 24.1. The summed E-state index contributed by atoms with van der Waals surface area (Å²) >= 11 is 0. The van der Waals surface area contributed by atoms with E-state index in [1.165, 1.54) is 25.3 Å². The lowest BCUT2D eigenvalue weighted by atomic mass is 10.1. The maximum absolute atomic E-state index is 12.0. The molecule has 0 bridgehead atoms. The Bertz CT molecular complexity index is 870. The van der Waals surface area contributed by atoms with E-state index >= 15 is 0 Å². The maximum Gasteiger partial charge on any atom is 0.340 e. The van der Waals surface area contributed by atoms with Gasteiger partial charge in [0.15, 0.2) is 5.82 Å². The third kappa shape index (κ3) is 3.89.